The van der Waals surface area contributed by atoms with Crippen molar-refractivity contribution in [1.82, 2.24) is 0 Å². The van der Waals surface area contributed by atoms with Crippen molar-refractivity contribution in [1.29, 1.82) is 0 Å². The SMILES string of the molecule is CO[C@H]1O[C@@H]2CO[C@@H](c3ccccc3)O[C@H]2C[C@]12CC=CCO2. The Morgan fingerprint density at radius 3 is 2.70 bits per heavy atom. The van der Waals surface area contributed by atoms with E-state index >= 15 is 0 Å². The molecule has 1 aromatic rings. The zero-order valence-corrected chi connectivity index (χ0v) is 13.2. The summed E-state index contributed by atoms with van der Waals surface area (Å²) in [5, 5.41) is 0. The van der Waals surface area contributed by atoms with E-state index in [-0.39, 0.29) is 18.5 Å². The van der Waals surface area contributed by atoms with Crippen LogP contribution in [0, 0.1) is 0 Å². The maximum Gasteiger partial charge on any atom is 0.187 e. The topological polar surface area (TPSA) is 46.2 Å². The van der Waals surface area contributed by atoms with Crippen molar-refractivity contribution in [3.63, 3.8) is 0 Å². The fourth-order valence-electron chi connectivity index (χ4n) is 3.59. The summed E-state index contributed by atoms with van der Waals surface area (Å²) in [7, 11) is 1.66. The quantitative estimate of drug-likeness (QED) is 0.784. The number of hydrogen-bond donors (Lipinski definition) is 0. The van der Waals surface area contributed by atoms with Crippen molar-refractivity contribution in [2.24, 2.45) is 0 Å². The number of benzene rings is 1. The molecule has 2 saturated heterocycles. The van der Waals surface area contributed by atoms with Crippen LogP contribution in [0.2, 0.25) is 0 Å². The molecular formula is C18H22O5. The molecule has 0 saturated carbocycles. The van der Waals surface area contributed by atoms with Gasteiger partial charge in [-0.15, -0.1) is 0 Å². The van der Waals surface area contributed by atoms with E-state index in [0.29, 0.717) is 13.2 Å². The average Bonchev–Trinajstić information content (AvgIpc) is 2.62. The van der Waals surface area contributed by atoms with Gasteiger partial charge in [0.15, 0.2) is 12.6 Å². The third-order valence-corrected chi connectivity index (χ3v) is 4.78. The van der Waals surface area contributed by atoms with Crippen LogP contribution in [0.4, 0.5) is 0 Å². The van der Waals surface area contributed by atoms with Gasteiger partial charge in [0.05, 0.1) is 19.3 Å². The molecule has 5 atom stereocenters. The molecule has 1 spiro atoms. The Morgan fingerprint density at radius 1 is 1.09 bits per heavy atom. The van der Waals surface area contributed by atoms with E-state index in [0.717, 1.165) is 18.4 Å². The average molecular weight is 318 g/mol. The molecule has 0 radical (unpaired) electrons. The summed E-state index contributed by atoms with van der Waals surface area (Å²) in [5.41, 5.74) is 0.557. The Labute approximate surface area is 136 Å². The first-order valence-electron chi connectivity index (χ1n) is 8.10. The van der Waals surface area contributed by atoms with E-state index in [1.165, 1.54) is 0 Å². The molecular weight excluding hydrogens is 296 g/mol. The van der Waals surface area contributed by atoms with Crippen LogP contribution in [-0.4, -0.2) is 44.4 Å². The summed E-state index contributed by atoms with van der Waals surface area (Å²) < 4.78 is 29.7. The highest BCUT2D eigenvalue weighted by atomic mass is 16.8. The molecule has 0 aliphatic carbocycles. The first kappa shape index (κ1) is 15.3. The van der Waals surface area contributed by atoms with Crippen molar-refractivity contribution >= 4 is 0 Å². The second-order valence-corrected chi connectivity index (χ2v) is 6.25. The molecule has 3 aliphatic rings. The van der Waals surface area contributed by atoms with Crippen LogP contribution < -0.4 is 0 Å². The Hall–Kier alpha value is -1.24. The molecule has 23 heavy (non-hydrogen) atoms. The van der Waals surface area contributed by atoms with E-state index in [2.05, 4.69) is 6.08 Å². The summed E-state index contributed by atoms with van der Waals surface area (Å²) in [6.45, 7) is 1.08. The second-order valence-electron chi connectivity index (χ2n) is 6.25. The molecule has 5 heteroatoms. The third-order valence-electron chi connectivity index (χ3n) is 4.78. The number of fused-ring (bicyclic) bond motifs is 1. The number of ether oxygens (including phenoxy) is 5. The van der Waals surface area contributed by atoms with Crippen molar-refractivity contribution in [3.8, 4) is 0 Å². The Morgan fingerprint density at radius 2 is 1.96 bits per heavy atom. The molecule has 3 heterocycles. The standard InChI is InChI=1S/C18H22O5/c1-19-17-18(9-5-6-10-21-18)11-14-15(23-17)12-20-16(22-14)13-7-3-2-4-8-13/h2-8,14-17H,9-12H2,1H3/t14-,15+,16+,17-,18+/m0/s1. The molecule has 0 bridgehead atoms. The van der Waals surface area contributed by atoms with Crippen LogP contribution in [0.1, 0.15) is 24.7 Å². The van der Waals surface area contributed by atoms with Crippen LogP contribution in [-0.2, 0) is 23.7 Å². The first-order valence-corrected chi connectivity index (χ1v) is 8.10. The van der Waals surface area contributed by atoms with Gasteiger partial charge in [-0.05, 0) is 6.42 Å². The zero-order chi connectivity index (χ0) is 15.7. The van der Waals surface area contributed by atoms with Gasteiger partial charge >= 0.3 is 0 Å². The second kappa shape index (κ2) is 6.34. The third kappa shape index (κ3) is 2.84. The fraction of sp³-hybridized carbons (Fsp3) is 0.556. The Bertz CT molecular complexity index is 560. The zero-order valence-electron chi connectivity index (χ0n) is 13.2. The minimum absolute atomic E-state index is 0.0631. The normalized spacial score (nSPS) is 40.0. The predicted octanol–water partition coefficient (Wildman–Crippen LogP) is 2.58. The molecule has 124 valence electrons. The maximum absolute atomic E-state index is 6.19. The minimum atomic E-state index is -0.469. The minimum Gasteiger partial charge on any atom is -0.365 e. The molecule has 0 amide bonds. The molecule has 0 unspecified atom stereocenters. The number of methoxy groups -OCH3 is 1. The lowest BCUT2D eigenvalue weighted by Crippen LogP contribution is -2.61. The highest BCUT2D eigenvalue weighted by molar-refractivity contribution is 5.16. The summed E-state index contributed by atoms with van der Waals surface area (Å²) in [4.78, 5) is 0. The summed E-state index contributed by atoms with van der Waals surface area (Å²) >= 11 is 0. The maximum atomic E-state index is 6.19. The largest absolute Gasteiger partial charge is 0.365 e. The van der Waals surface area contributed by atoms with Crippen LogP contribution in [0.3, 0.4) is 0 Å². The van der Waals surface area contributed by atoms with E-state index in [4.69, 9.17) is 23.7 Å². The van der Waals surface area contributed by atoms with Crippen molar-refractivity contribution in [2.75, 3.05) is 20.3 Å². The summed E-state index contributed by atoms with van der Waals surface area (Å²) in [5.74, 6) is 0. The van der Waals surface area contributed by atoms with Gasteiger partial charge < -0.3 is 23.7 Å². The highest BCUT2D eigenvalue weighted by Gasteiger charge is 2.52. The summed E-state index contributed by atoms with van der Waals surface area (Å²) in [6.07, 6.45) is 4.74. The lowest BCUT2D eigenvalue weighted by atomic mass is 9.85. The van der Waals surface area contributed by atoms with Crippen molar-refractivity contribution in [2.45, 2.75) is 43.2 Å². The van der Waals surface area contributed by atoms with Gasteiger partial charge in [0.2, 0.25) is 0 Å². The smallest absolute Gasteiger partial charge is 0.187 e. The fourth-order valence-corrected chi connectivity index (χ4v) is 3.59. The van der Waals surface area contributed by atoms with Crippen molar-refractivity contribution < 1.29 is 23.7 Å². The number of hydrogen-bond acceptors (Lipinski definition) is 5. The van der Waals surface area contributed by atoms with E-state index < -0.39 is 11.9 Å². The molecule has 3 aliphatic heterocycles. The van der Waals surface area contributed by atoms with Crippen LogP contribution in [0.25, 0.3) is 0 Å². The van der Waals surface area contributed by atoms with Gasteiger partial charge in [-0.1, -0.05) is 42.5 Å². The number of rotatable bonds is 2. The van der Waals surface area contributed by atoms with Crippen molar-refractivity contribution in [3.05, 3.63) is 48.0 Å². The Balaban J connectivity index is 1.53. The van der Waals surface area contributed by atoms with Gasteiger partial charge in [-0.3, -0.25) is 0 Å². The predicted molar refractivity (Wildman–Crippen MR) is 82.7 cm³/mol. The molecule has 4 rings (SSSR count). The van der Waals surface area contributed by atoms with Gasteiger partial charge in [-0.25, -0.2) is 0 Å². The molecule has 1 aromatic carbocycles. The lowest BCUT2D eigenvalue weighted by Gasteiger charge is -2.51. The van der Waals surface area contributed by atoms with E-state index in [1.54, 1.807) is 7.11 Å². The monoisotopic (exact) mass is 318 g/mol. The van der Waals surface area contributed by atoms with Crippen LogP contribution in [0.15, 0.2) is 42.5 Å². The lowest BCUT2D eigenvalue weighted by molar-refractivity contribution is -0.361. The Kier molecular flexibility index (Phi) is 4.22. The van der Waals surface area contributed by atoms with Crippen LogP contribution >= 0.6 is 0 Å². The molecule has 2 fully saturated rings. The van der Waals surface area contributed by atoms with Gasteiger partial charge in [0.25, 0.3) is 0 Å². The molecule has 0 N–H and O–H groups in total. The van der Waals surface area contributed by atoms with Gasteiger partial charge in [0, 0.05) is 19.1 Å². The van der Waals surface area contributed by atoms with Gasteiger partial charge in [-0.2, -0.15) is 0 Å². The van der Waals surface area contributed by atoms with E-state index in [9.17, 15) is 0 Å². The van der Waals surface area contributed by atoms with E-state index in [1.807, 2.05) is 36.4 Å². The molecule has 0 aromatic heterocycles. The summed E-state index contributed by atoms with van der Waals surface area (Å²) in [6, 6.07) is 10.00. The first-order chi connectivity index (χ1) is 11.3. The molecule has 5 nitrogen and oxygen atoms in total. The van der Waals surface area contributed by atoms with Crippen LogP contribution in [0.5, 0.6) is 0 Å². The van der Waals surface area contributed by atoms with Gasteiger partial charge in [0.1, 0.15) is 11.7 Å². The highest BCUT2D eigenvalue weighted by Crippen LogP contribution is 2.42.